The van der Waals surface area contributed by atoms with Gasteiger partial charge in [-0.3, -0.25) is 9.97 Å². The van der Waals surface area contributed by atoms with Crippen LogP contribution in [0.3, 0.4) is 0 Å². The quantitative estimate of drug-likeness (QED) is 0.164. The molecule has 0 saturated heterocycles. The molecular formula is C46H42N4. The number of rotatable bonds is 0. The predicted molar refractivity (Wildman–Crippen MR) is 207 cm³/mol. The molecule has 6 heterocycles. The lowest BCUT2D eigenvalue weighted by Crippen LogP contribution is -2.24. The Morgan fingerprint density at radius 1 is 0.500 bits per heavy atom. The molecule has 2 spiro atoms. The van der Waals surface area contributed by atoms with Crippen LogP contribution in [0.5, 0.6) is 0 Å². The van der Waals surface area contributed by atoms with Crippen LogP contribution < -0.4 is 0 Å². The van der Waals surface area contributed by atoms with Crippen LogP contribution >= 0.6 is 0 Å². The standard InChI is InChI=1S/C46H42N4/c1-43(2)23-44(3,4)41-37(43)35-27-13-9-11-25-29-20-32-30(19-31(29)49(39(25)27)33(35)21-47-41)26-12-10-14-28-36-34(50(32)40(26)28)22-48-42-38(36)45(15-5-6-16-45)24-46(42)17-7-8-18-46/h9-14,19-22H,5-8,15-18,23-24H2,1-4H3. The summed E-state index contributed by atoms with van der Waals surface area (Å²) in [5, 5.41) is 11.1. The number of nitrogens with zero attached hydrogens (tertiary/aromatic N) is 4. The van der Waals surface area contributed by atoms with Gasteiger partial charge in [-0.05, 0) is 72.6 Å². The summed E-state index contributed by atoms with van der Waals surface area (Å²) in [6, 6.07) is 19.1. The second kappa shape index (κ2) is 8.20. The van der Waals surface area contributed by atoms with E-state index in [1.165, 1.54) is 151 Å². The third kappa shape index (κ3) is 2.81. The molecule has 0 aliphatic heterocycles. The first-order valence-corrected chi connectivity index (χ1v) is 19.4. The Kier molecular flexibility index (Phi) is 4.48. The van der Waals surface area contributed by atoms with Crippen molar-refractivity contribution in [1.82, 2.24) is 18.8 Å². The summed E-state index contributed by atoms with van der Waals surface area (Å²) in [5.41, 5.74) is 14.5. The van der Waals surface area contributed by atoms with Crippen molar-refractivity contribution in [2.45, 2.75) is 114 Å². The fourth-order valence-electron chi connectivity index (χ4n) is 13.5. The van der Waals surface area contributed by atoms with Crippen molar-refractivity contribution in [2.24, 2.45) is 0 Å². The maximum Gasteiger partial charge on any atom is 0.0728 e. The number of hydrogen-bond donors (Lipinski definition) is 0. The Morgan fingerprint density at radius 2 is 1.00 bits per heavy atom. The molecule has 246 valence electrons. The van der Waals surface area contributed by atoms with Gasteiger partial charge in [-0.2, -0.15) is 0 Å². The van der Waals surface area contributed by atoms with Crippen molar-refractivity contribution in [1.29, 1.82) is 0 Å². The largest absolute Gasteiger partial charge is 0.306 e. The Bertz CT molecular complexity index is 2990. The van der Waals surface area contributed by atoms with Gasteiger partial charge in [0.2, 0.25) is 0 Å². The zero-order chi connectivity index (χ0) is 33.1. The first-order chi connectivity index (χ1) is 24.2. The molecule has 4 aliphatic rings. The molecule has 50 heavy (non-hydrogen) atoms. The lowest BCUT2D eigenvalue weighted by Gasteiger charge is -2.28. The Balaban J connectivity index is 1.17. The van der Waals surface area contributed by atoms with E-state index in [2.05, 4.69) is 97.4 Å². The molecule has 13 rings (SSSR count). The van der Waals surface area contributed by atoms with E-state index in [1.54, 1.807) is 5.56 Å². The molecule has 0 atom stereocenters. The minimum absolute atomic E-state index is 0.0703. The lowest BCUT2D eigenvalue weighted by molar-refractivity contribution is 0.321. The summed E-state index contributed by atoms with van der Waals surface area (Å²) < 4.78 is 5.16. The highest BCUT2D eigenvalue weighted by molar-refractivity contribution is 6.29. The van der Waals surface area contributed by atoms with Gasteiger partial charge in [0.1, 0.15) is 0 Å². The maximum atomic E-state index is 5.52. The van der Waals surface area contributed by atoms with Gasteiger partial charge in [-0.1, -0.05) is 89.8 Å². The minimum atomic E-state index is 0.0703. The van der Waals surface area contributed by atoms with Gasteiger partial charge in [0, 0.05) is 53.9 Å². The summed E-state index contributed by atoms with van der Waals surface area (Å²) in [5.74, 6) is 0. The van der Waals surface area contributed by atoms with E-state index < -0.39 is 0 Å². The Morgan fingerprint density at radius 3 is 1.58 bits per heavy atom. The maximum absolute atomic E-state index is 5.52. The minimum Gasteiger partial charge on any atom is -0.306 e. The van der Waals surface area contributed by atoms with Crippen molar-refractivity contribution in [3.63, 3.8) is 0 Å². The molecule has 2 saturated carbocycles. The molecule has 9 aromatic rings. The molecule has 3 aromatic carbocycles. The van der Waals surface area contributed by atoms with E-state index in [4.69, 9.17) is 9.97 Å². The molecule has 0 unspecified atom stereocenters. The van der Waals surface area contributed by atoms with Crippen LogP contribution in [0.1, 0.15) is 114 Å². The normalized spacial score (nSPS) is 21.8. The van der Waals surface area contributed by atoms with Crippen LogP contribution in [0, 0.1) is 0 Å². The SMILES string of the molecule is CC1(C)CC(C)(C)c2c1ncc1c2c2cccc3c4cc5c(cc4n1c32)c1cccc2c3c4c(ncc3n5c12)C1(CCCC1)CC41CCCC1. The average molecular weight is 651 g/mol. The summed E-state index contributed by atoms with van der Waals surface area (Å²) >= 11 is 0. The van der Waals surface area contributed by atoms with Crippen LogP contribution in [-0.2, 0) is 21.7 Å². The summed E-state index contributed by atoms with van der Waals surface area (Å²) in [6.07, 6.45) is 17.7. The first kappa shape index (κ1) is 27.3. The number of benzene rings is 3. The van der Waals surface area contributed by atoms with Gasteiger partial charge in [-0.25, -0.2) is 0 Å². The zero-order valence-corrected chi connectivity index (χ0v) is 29.6. The topological polar surface area (TPSA) is 34.6 Å². The number of hydrogen-bond acceptors (Lipinski definition) is 2. The van der Waals surface area contributed by atoms with Gasteiger partial charge in [0.15, 0.2) is 0 Å². The Hall–Kier alpha value is -4.44. The van der Waals surface area contributed by atoms with E-state index in [-0.39, 0.29) is 10.8 Å². The third-order valence-corrected chi connectivity index (χ3v) is 14.9. The van der Waals surface area contributed by atoms with E-state index in [0.717, 1.165) is 6.42 Å². The smallest absolute Gasteiger partial charge is 0.0728 e. The van der Waals surface area contributed by atoms with Gasteiger partial charge < -0.3 is 8.80 Å². The van der Waals surface area contributed by atoms with E-state index >= 15 is 0 Å². The predicted octanol–water partition coefficient (Wildman–Crippen LogP) is 11.8. The summed E-state index contributed by atoms with van der Waals surface area (Å²) in [4.78, 5) is 10.8. The molecule has 4 nitrogen and oxygen atoms in total. The van der Waals surface area contributed by atoms with Crippen LogP contribution in [0.2, 0.25) is 0 Å². The second-order valence-electron chi connectivity index (χ2n) is 18.5. The van der Waals surface area contributed by atoms with Crippen LogP contribution in [0.25, 0.3) is 76.2 Å². The molecule has 0 radical (unpaired) electrons. The fourth-order valence-corrected chi connectivity index (χ4v) is 13.5. The van der Waals surface area contributed by atoms with Crippen molar-refractivity contribution in [2.75, 3.05) is 0 Å². The molecular weight excluding hydrogens is 609 g/mol. The molecule has 0 amide bonds. The summed E-state index contributed by atoms with van der Waals surface area (Å²) in [6.45, 7) is 9.59. The van der Waals surface area contributed by atoms with Crippen LogP contribution in [0.15, 0.2) is 60.9 Å². The molecule has 4 heteroatoms. The Labute approximate surface area is 291 Å². The van der Waals surface area contributed by atoms with E-state index in [9.17, 15) is 0 Å². The second-order valence-corrected chi connectivity index (χ2v) is 18.5. The number of pyridine rings is 2. The summed E-state index contributed by atoms with van der Waals surface area (Å²) in [7, 11) is 0. The van der Waals surface area contributed by atoms with Crippen molar-refractivity contribution in [3.05, 3.63) is 83.4 Å². The van der Waals surface area contributed by atoms with Crippen molar-refractivity contribution >= 4 is 76.2 Å². The first-order valence-electron chi connectivity index (χ1n) is 19.4. The van der Waals surface area contributed by atoms with Crippen LogP contribution in [0.4, 0.5) is 0 Å². The lowest BCUT2D eigenvalue weighted by atomic mass is 9.74. The number of aromatic nitrogens is 4. The molecule has 2 fully saturated rings. The average Bonchev–Trinajstić information content (AvgIpc) is 3.97. The monoisotopic (exact) mass is 650 g/mol. The third-order valence-electron chi connectivity index (χ3n) is 14.9. The van der Waals surface area contributed by atoms with E-state index in [1.807, 2.05) is 0 Å². The van der Waals surface area contributed by atoms with Crippen molar-refractivity contribution < 1.29 is 0 Å². The van der Waals surface area contributed by atoms with Gasteiger partial charge in [0.05, 0.1) is 56.9 Å². The highest BCUT2D eigenvalue weighted by Gasteiger charge is 2.56. The highest BCUT2D eigenvalue weighted by atomic mass is 15.0. The van der Waals surface area contributed by atoms with Crippen LogP contribution in [-0.4, -0.2) is 18.8 Å². The highest BCUT2D eigenvalue weighted by Crippen LogP contribution is 2.64. The van der Waals surface area contributed by atoms with Gasteiger partial charge in [-0.15, -0.1) is 0 Å². The number of fused-ring (bicyclic) bond motifs is 18. The van der Waals surface area contributed by atoms with Gasteiger partial charge >= 0.3 is 0 Å². The number of para-hydroxylation sites is 2. The van der Waals surface area contributed by atoms with E-state index in [0.29, 0.717) is 10.8 Å². The van der Waals surface area contributed by atoms with Gasteiger partial charge in [0.25, 0.3) is 0 Å². The molecule has 0 bridgehead atoms. The molecule has 0 N–H and O–H groups in total. The van der Waals surface area contributed by atoms with Crippen molar-refractivity contribution in [3.8, 4) is 0 Å². The molecule has 4 aliphatic carbocycles. The molecule has 6 aromatic heterocycles. The zero-order valence-electron chi connectivity index (χ0n) is 29.6. The fraction of sp³-hybridized carbons (Fsp3) is 0.391.